The van der Waals surface area contributed by atoms with Crippen LogP contribution in [0.2, 0.25) is 0 Å². The van der Waals surface area contributed by atoms with Gasteiger partial charge < -0.3 is 5.11 Å². The third kappa shape index (κ3) is 2.47. The Morgan fingerprint density at radius 3 is 2.62 bits per heavy atom. The lowest BCUT2D eigenvalue weighted by Gasteiger charge is -2.13. The number of hydrogen-bond donors (Lipinski definition) is 1. The molecule has 1 N–H and O–H groups in total. The molecule has 0 aromatic heterocycles. The Balaban J connectivity index is 2.18. The van der Waals surface area contributed by atoms with Crippen LogP contribution in [0.1, 0.15) is 18.5 Å². The maximum absolute atomic E-state index is 9.70. The zero-order chi connectivity index (χ0) is 11.4. The van der Waals surface area contributed by atoms with Crippen molar-refractivity contribution in [1.82, 2.24) is 0 Å². The van der Waals surface area contributed by atoms with E-state index in [2.05, 4.69) is 4.99 Å². The highest BCUT2D eigenvalue weighted by molar-refractivity contribution is 6.01. The van der Waals surface area contributed by atoms with E-state index in [1.807, 2.05) is 55.5 Å². The molecule has 2 nitrogen and oxygen atoms in total. The zero-order valence-electron chi connectivity index (χ0n) is 9.25. The summed E-state index contributed by atoms with van der Waals surface area (Å²) >= 11 is 0. The smallest absolute Gasteiger partial charge is 0.114 e. The minimum absolute atomic E-state index is 0.0713. The topological polar surface area (TPSA) is 32.6 Å². The monoisotopic (exact) mass is 213 g/mol. The van der Waals surface area contributed by atoms with Crippen molar-refractivity contribution < 1.29 is 5.11 Å². The van der Waals surface area contributed by atoms with E-state index in [1.165, 1.54) is 0 Å². The molecule has 0 saturated carbocycles. The molecule has 1 aliphatic rings. The van der Waals surface area contributed by atoms with Crippen LogP contribution < -0.4 is 0 Å². The largest absolute Gasteiger partial charge is 0.383 e. The molecular formula is C14H15NO. The van der Waals surface area contributed by atoms with E-state index in [9.17, 15) is 5.11 Å². The number of benzene rings is 1. The number of nitrogens with zero attached hydrogens (tertiary/aromatic N) is 1. The van der Waals surface area contributed by atoms with Crippen LogP contribution in [0, 0.1) is 0 Å². The predicted molar refractivity (Wildman–Crippen MR) is 66.6 cm³/mol. The zero-order valence-corrected chi connectivity index (χ0v) is 9.25. The van der Waals surface area contributed by atoms with Crippen LogP contribution in [0.25, 0.3) is 0 Å². The van der Waals surface area contributed by atoms with Crippen LogP contribution in [0.15, 0.2) is 59.6 Å². The molecule has 0 fully saturated rings. The summed E-state index contributed by atoms with van der Waals surface area (Å²) < 4.78 is 0. The molecule has 2 atom stereocenters. The standard InChI is InChI=1S/C14H15NO/c1-11(12-7-3-2-4-8-12)15-13-9-5-6-10-14(13)16/h2-11,14,16H,1H3/t11?,14-/m1/s1. The summed E-state index contributed by atoms with van der Waals surface area (Å²) in [4.78, 5) is 4.52. The lowest BCUT2D eigenvalue weighted by atomic mass is 10.1. The average Bonchev–Trinajstić information content (AvgIpc) is 2.33. The van der Waals surface area contributed by atoms with Gasteiger partial charge in [-0.05, 0) is 18.6 Å². The lowest BCUT2D eigenvalue weighted by Crippen LogP contribution is -2.18. The second-order valence-electron chi connectivity index (χ2n) is 3.83. The average molecular weight is 213 g/mol. The predicted octanol–water partition coefficient (Wildman–Crippen LogP) is 2.68. The fraction of sp³-hybridized carbons (Fsp3) is 0.214. The molecule has 16 heavy (non-hydrogen) atoms. The minimum Gasteiger partial charge on any atom is -0.383 e. The minimum atomic E-state index is -0.573. The highest BCUT2D eigenvalue weighted by atomic mass is 16.3. The van der Waals surface area contributed by atoms with Crippen LogP contribution >= 0.6 is 0 Å². The number of aliphatic imine (C=N–C) groups is 1. The fourth-order valence-electron chi connectivity index (χ4n) is 1.67. The van der Waals surface area contributed by atoms with Crippen molar-refractivity contribution in [2.24, 2.45) is 4.99 Å². The third-order valence-electron chi connectivity index (χ3n) is 2.60. The molecule has 0 aliphatic heterocycles. The van der Waals surface area contributed by atoms with Gasteiger partial charge in [0.1, 0.15) is 6.10 Å². The molecule has 0 heterocycles. The molecule has 0 radical (unpaired) electrons. The van der Waals surface area contributed by atoms with Gasteiger partial charge in [-0.25, -0.2) is 0 Å². The van der Waals surface area contributed by atoms with Crippen molar-refractivity contribution in [2.75, 3.05) is 0 Å². The van der Waals surface area contributed by atoms with Gasteiger partial charge >= 0.3 is 0 Å². The molecule has 2 heteroatoms. The summed E-state index contributed by atoms with van der Waals surface area (Å²) in [6.45, 7) is 2.03. The quantitative estimate of drug-likeness (QED) is 0.804. The van der Waals surface area contributed by atoms with Crippen molar-refractivity contribution in [2.45, 2.75) is 19.1 Å². The van der Waals surface area contributed by atoms with Crippen molar-refractivity contribution in [3.8, 4) is 0 Å². The summed E-state index contributed by atoms with van der Waals surface area (Å²) in [5.74, 6) is 0. The number of rotatable bonds is 2. The van der Waals surface area contributed by atoms with Crippen molar-refractivity contribution in [1.29, 1.82) is 0 Å². The van der Waals surface area contributed by atoms with Crippen LogP contribution in [0.3, 0.4) is 0 Å². The van der Waals surface area contributed by atoms with Gasteiger partial charge in [0.25, 0.3) is 0 Å². The van der Waals surface area contributed by atoms with Crippen LogP contribution in [0.4, 0.5) is 0 Å². The van der Waals surface area contributed by atoms with Gasteiger partial charge in [0.2, 0.25) is 0 Å². The van der Waals surface area contributed by atoms with Gasteiger partial charge in [-0.3, -0.25) is 4.99 Å². The van der Waals surface area contributed by atoms with E-state index in [-0.39, 0.29) is 6.04 Å². The highest BCUT2D eigenvalue weighted by Gasteiger charge is 2.11. The van der Waals surface area contributed by atoms with Gasteiger partial charge in [0.05, 0.1) is 11.8 Å². The van der Waals surface area contributed by atoms with E-state index < -0.39 is 6.10 Å². The summed E-state index contributed by atoms with van der Waals surface area (Å²) in [5.41, 5.74) is 1.88. The molecule has 1 unspecified atom stereocenters. The lowest BCUT2D eigenvalue weighted by molar-refractivity contribution is 0.288. The summed E-state index contributed by atoms with van der Waals surface area (Å²) in [6, 6.07) is 10.1. The van der Waals surface area contributed by atoms with Crippen molar-refractivity contribution in [3.05, 3.63) is 60.2 Å². The van der Waals surface area contributed by atoms with E-state index >= 15 is 0 Å². The molecule has 1 aliphatic carbocycles. The number of hydrogen-bond acceptors (Lipinski definition) is 2. The Labute approximate surface area is 95.7 Å². The molecule has 0 saturated heterocycles. The third-order valence-corrected chi connectivity index (χ3v) is 2.60. The molecule has 1 aromatic rings. The first kappa shape index (κ1) is 10.8. The Hall–Kier alpha value is -1.67. The Morgan fingerprint density at radius 2 is 1.94 bits per heavy atom. The van der Waals surface area contributed by atoms with Crippen LogP contribution in [-0.2, 0) is 0 Å². The number of aliphatic hydroxyl groups is 1. The van der Waals surface area contributed by atoms with E-state index in [0.29, 0.717) is 0 Å². The molecule has 82 valence electrons. The Bertz CT molecular complexity index is 431. The maximum Gasteiger partial charge on any atom is 0.114 e. The SMILES string of the molecule is CC(N=C1C=CC=C[C@H]1O)c1ccccc1. The van der Waals surface area contributed by atoms with E-state index in [4.69, 9.17) is 0 Å². The first-order valence-electron chi connectivity index (χ1n) is 5.43. The molecule has 2 rings (SSSR count). The number of aliphatic hydroxyl groups excluding tert-OH is 1. The van der Waals surface area contributed by atoms with E-state index in [1.54, 1.807) is 6.08 Å². The highest BCUT2D eigenvalue weighted by Crippen LogP contribution is 2.17. The van der Waals surface area contributed by atoms with Gasteiger partial charge in [-0.15, -0.1) is 0 Å². The molecular weight excluding hydrogens is 198 g/mol. The molecule has 0 amide bonds. The first-order valence-corrected chi connectivity index (χ1v) is 5.43. The second-order valence-corrected chi connectivity index (χ2v) is 3.83. The maximum atomic E-state index is 9.70. The fourth-order valence-corrected chi connectivity index (χ4v) is 1.67. The van der Waals surface area contributed by atoms with Gasteiger partial charge in [0.15, 0.2) is 0 Å². The summed E-state index contributed by atoms with van der Waals surface area (Å²) in [6.07, 6.45) is 6.73. The molecule has 1 aromatic carbocycles. The van der Waals surface area contributed by atoms with Crippen LogP contribution in [0.5, 0.6) is 0 Å². The Kier molecular flexibility index (Phi) is 3.32. The normalized spacial score (nSPS) is 23.6. The number of allylic oxidation sites excluding steroid dienone is 2. The van der Waals surface area contributed by atoms with Gasteiger partial charge in [-0.1, -0.05) is 48.6 Å². The molecule has 0 bridgehead atoms. The summed E-state index contributed by atoms with van der Waals surface area (Å²) in [5, 5.41) is 9.70. The molecule has 0 spiro atoms. The second kappa shape index (κ2) is 4.90. The van der Waals surface area contributed by atoms with Crippen molar-refractivity contribution >= 4 is 5.71 Å². The van der Waals surface area contributed by atoms with Gasteiger partial charge in [0, 0.05) is 0 Å². The van der Waals surface area contributed by atoms with Crippen molar-refractivity contribution in [3.63, 3.8) is 0 Å². The van der Waals surface area contributed by atoms with Crippen LogP contribution in [-0.4, -0.2) is 16.9 Å². The summed E-state index contributed by atoms with van der Waals surface area (Å²) in [7, 11) is 0. The first-order chi connectivity index (χ1) is 7.77. The van der Waals surface area contributed by atoms with E-state index in [0.717, 1.165) is 11.3 Å². The van der Waals surface area contributed by atoms with Gasteiger partial charge in [-0.2, -0.15) is 0 Å². The Morgan fingerprint density at radius 1 is 1.19 bits per heavy atom.